The Morgan fingerprint density at radius 1 is 1.21 bits per heavy atom. The summed E-state index contributed by atoms with van der Waals surface area (Å²) in [6.45, 7) is 11.5. The van der Waals surface area contributed by atoms with Crippen LogP contribution in [0.15, 0.2) is 46.1 Å². The van der Waals surface area contributed by atoms with Gasteiger partial charge in [-0.25, -0.2) is 8.42 Å². The second-order valence-corrected chi connectivity index (χ2v) is 18.4. The molecule has 5 rings (SSSR count). The summed E-state index contributed by atoms with van der Waals surface area (Å²) in [6.07, 6.45) is 3.73. The summed E-state index contributed by atoms with van der Waals surface area (Å²) in [4.78, 5) is -0.150. The van der Waals surface area contributed by atoms with Crippen molar-refractivity contribution in [3.8, 4) is 17.2 Å². The Morgan fingerprint density at radius 2 is 1.98 bits per heavy atom. The van der Waals surface area contributed by atoms with E-state index in [1.165, 1.54) is 14.2 Å². The predicted octanol–water partition coefficient (Wildman–Crippen LogP) is 6.39. The van der Waals surface area contributed by atoms with Crippen molar-refractivity contribution in [2.75, 3.05) is 25.5 Å². The van der Waals surface area contributed by atoms with Crippen molar-refractivity contribution >= 4 is 46.7 Å². The van der Waals surface area contributed by atoms with Gasteiger partial charge in [-0.1, -0.05) is 37.5 Å². The number of anilines is 1. The number of methoxy groups -OCH3 is 2. The van der Waals surface area contributed by atoms with E-state index in [1.54, 1.807) is 41.3 Å². The first kappa shape index (κ1) is 30.2. The van der Waals surface area contributed by atoms with Crippen molar-refractivity contribution in [2.24, 2.45) is 0 Å². The zero-order valence-corrected chi connectivity index (χ0v) is 27.2. The van der Waals surface area contributed by atoms with Gasteiger partial charge in [-0.15, -0.1) is 0 Å². The van der Waals surface area contributed by atoms with E-state index in [0.717, 1.165) is 0 Å². The average Bonchev–Trinajstić information content (AvgIpc) is 3.57. The topological polar surface area (TPSA) is 127 Å². The third kappa shape index (κ3) is 5.46. The minimum atomic E-state index is -4.32. The molecule has 1 unspecified atom stereocenters. The van der Waals surface area contributed by atoms with E-state index in [0.29, 0.717) is 24.1 Å². The molecule has 14 heteroatoms. The highest BCUT2D eigenvalue weighted by Gasteiger charge is 2.42. The lowest BCUT2D eigenvalue weighted by Gasteiger charge is -2.41. The molecule has 226 valence electrons. The molecule has 3 heterocycles. The molecule has 1 aliphatic heterocycles. The standard InChI is InChI=1S/C28H35ClN4O7SSi/c1-28(2,3)42(6,7)40-19-11-14-38-24-18(19)9-10-20(36-4)26(24)41(34,35)32-27-22-21(39-31-27)15-17(23(29)25(22)37-5)16-33-13-8-12-30-33/h8-10,12-13,15,19H,11,14,16H2,1-7H3,(H,31,32). The van der Waals surface area contributed by atoms with Crippen LogP contribution in [0.2, 0.25) is 23.2 Å². The van der Waals surface area contributed by atoms with Gasteiger partial charge < -0.3 is 23.2 Å². The maximum Gasteiger partial charge on any atom is 0.270 e. The molecule has 0 radical (unpaired) electrons. The quantitative estimate of drug-likeness (QED) is 0.208. The van der Waals surface area contributed by atoms with Crippen LogP contribution in [-0.2, 0) is 21.0 Å². The van der Waals surface area contributed by atoms with Crippen molar-refractivity contribution in [1.29, 1.82) is 0 Å². The Labute approximate surface area is 251 Å². The van der Waals surface area contributed by atoms with E-state index in [9.17, 15) is 8.42 Å². The molecule has 1 aliphatic rings. The number of aromatic nitrogens is 3. The number of halogens is 1. The summed E-state index contributed by atoms with van der Waals surface area (Å²) in [6, 6.07) is 6.90. The number of rotatable bonds is 9. The number of fused-ring (bicyclic) bond motifs is 2. The lowest BCUT2D eigenvalue weighted by molar-refractivity contribution is 0.119. The summed E-state index contributed by atoms with van der Waals surface area (Å²) in [7, 11) is -3.65. The fraction of sp³-hybridized carbons (Fsp3) is 0.429. The van der Waals surface area contributed by atoms with Gasteiger partial charge in [-0.05, 0) is 48.0 Å². The molecule has 4 aromatic rings. The van der Waals surface area contributed by atoms with Crippen molar-refractivity contribution in [3.63, 3.8) is 0 Å². The van der Waals surface area contributed by atoms with Gasteiger partial charge in [-0.2, -0.15) is 5.10 Å². The van der Waals surface area contributed by atoms with Crippen LogP contribution in [0.4, 0.5) is 5.82 Å². The molecule has 11 nitrogen and oxygen atoms in total. The lowest BCUT2D eigenvalue weighted by Crippen LogP contribution is -2.42. The van der Waals surface area contributed by atoms with Gasteiger partial charge in [0.1, 0.15) is 16.9 Å². The molecule has 0 bridgehead atoms. The van der Waals surface area contributed by atoms with E-state index in [1.807, 2.05) is 0 Å². The molecule has 0 fully saturated rings. The molecule has 0 saturated carbocycles. The third-order valence-corrected chi connectivity index (χ3v) is 14.2. The number of hydrogen-bond donors (Lipinski definition) is 1. The van der Waals surface area contributed by atoms with Crippen molar-refractivity contribution in [1.82, 2.24) is 14.9 Å². The first-order valence-corrected chi connectivity index (χ1v) is 18.2. The third-order valence-electron chi connectivity index (χ3n) is 7.87. The van der Waals surface area contributed by atoms with Gasteiger partial charge >= 0.3 is 0 Å². The summed E-state index contributed by atoms with van der Waals surface area (Å²) in [5, 5.41) is 8.77. The smallest absolute Gasteiger partial charge is 0.270 e. The molecule has 1 N–H and O–H groups in total. The first-order chi connectivity index (χ1) is 19.8. The molecule has 1 atom stereocenters. The van der Waals surface area contributed by atoms with Crippen molar-refractivity contribution in [2.45, 2.75) is 62.9 Å². The van der Waals surface area contributed by atoms with E-state index in [2.05, 4.69) is 48.8 Å². The Bertz CT molecular complexity index is 1720. The van der Waals surface area contributed by atoms with E-state index in [-0.39, 0.29) is 61.7 Å². The number of ether oxygens (including phenoxy) is 3. The predicted molar refractivity (Wildman–Crippen MR) is 162 cm³/mol. The van der Waals surface area contributed by atoms with Gasteiger partial charge in [0.25, 0.3) is 10.0 Å². The van der Waals surface area contributed by atoms with Gasteiger partial charge in [-0.3, -0.25) is 9.40 Å². The zero-order chi connectivity index (χ0) is 30.4. The Morgan fingerprint density at radius 3 is 2.62 bits per heavy atom. The number of nitrogens with one attached hydrogen (secondary N) is 1. The van der Waals surface area contributed by atoms with Crippen molar-refractivity contribution in [3.05, 3.63) is 52.8 Å². The van der Waals surface area contributed by atoms with Crippen LogP contribution in [0, 0.1) is 0 Å². The maximum absolute atomic E-state index is 14.0. The van der Waals surface area contributed by atoms with E-state index in [4.69, 9.17) is 34.8 Å². The number of benzene rings is 2. The number of sulfonamides is 1. The van der Waals surface area contributed by atoms with Crippen LogP contribution in [0.1, 0.15) is 44.4 Å². The minimum Gasteiger partial charge on any atom is -0.495 e. The monoisotopic (exact) mass is 634 g/mol. The zero-order valence-electron chi connectivity index (χ0n) is 24.6. The van der Waals surface area contributed by atoms with Gasteiger partial charge in [0.2, 0.25) is 0 Å². The normalized spacial score (nSPS) is 15.8. The van der Waals surface area contributed by atoms with Crippen LogP contribution in [-0.4, -0.2) is 52.5 Å². The first-order valence-electron chi connectivity index (χ1n) is 13.4. The van der Waals surface area contributed by atoms with Crippen LogP contribution < -0.4 is 18.9 Å². The van der Waals surface area contributed by atoms with Gasteiger partial charge in [0.05, 0.1) is 38.5 Å². The highest BCUT2D eigenvalue weighted by molar-refractivity contribution is 7.93. The minimum absolute atomic E-state index is 0.0268. The van der Waals surface area contributed by atoms with E-state index < -0.39 is 18.3 Å². The van der Waals surface area contributed by atoms with Gasteiger partial charge in [0.15, 0.2) is 30.4 Å². The maximum atomic E-state index is 14.0. The summed E-state index contributed by atoms with van der Waals surface area (Å²) in [5.41, 5.74) is 1.61. The largest absolute Gasteiger partial charge is 0.495 e. The number of hydrogen-bond acceptors (Lipinski definition) is 9. The molecular weight excluding hydrogens is 600 g/mol. The molecular formula is C28H35ClN4O7SSi. The fourth-order valence-corrected chi connectivity index (χ4v) is 7.61. The fourth-order valence-electron chi connectivity index (χ4n) is 4.68. The van der Waals surface area contributed by atoms with Crippen LogP contribution in [0.3, 0.4) is 0 Å². The highest BCUT2D eigenvalue weighted by atomic mass is 35.5. The molecule has 0 spiro atoms. The molecule has 42 heavy (non-hydrogen) atoms. The van der Waals surface area contributed by atoms with E-state index >= 15 is 0 Å². The van der Waals surface area contributed by atoms with Gasteiger partial charge in [0, 0.05) is 24.4 Å². The molecule has 2 aromatic carbocycles. The summed E-state index contributed by atoms with van der Waals surface area (Å²) in [5.74, 6) is 0.444. The van der Waals surface area contributed by atoms with Crippen LogP contribution >= 0.6 is 11.6 Å². The Kier molecular flexibility index (Phi) is 7.98. The SMILES string of the molecule is COc1ccc2c(c1S(=O)(=O)Nc1noc3cc(Cn4cccn4)c(Cl)c(OC)c13)OCCC2O[Si](C)(C)C(C)(C)C. The van der Waals surface area contributed by atoms with Crippen LogP contribution in [0.25, 0.3) is 11.0 Å². The molecule has 2 aromatic heterocycles. The Hall–Kier alpha value is -3.26. The van der Waals surface area contributed by atoms with Crippen LogP contribution in [0.5, 0.6) is 17.2 Å². The number of nitrogens with zero attached hydrogens (tertiary/aromatic N) is 3. The summed E-state index contributed by atoms with van der Waals surface area (Å²) < 4.78 is 61.7. The second-order valence-electron chi connectivity index (χ2n) is 11.6. The second kappa shape index (κ2) is 11.1. The molecule has 0 aliphatic carbocycles. The molecule has 0 saturated heterocycles. The van der Waals surface area contributed by atoms with Crippen molar-refractivity contribution < 1.29 is 31.6 Å². The molecule has 0 amide bonds. The lowest BCUT2D eigenvalue weighted by atomic mass is 10.0. The Balaban J connectivity index is 1.56. The average molecular weight is 635 g/mol. The highest BCUT2D eigenvalue weighted by Crippen LogP contribution is 2.48. The summed E-state index contributed by atoms with van der Waals surface area (Å²) >= 11 is 6.70.